The van der Waals surface area contributed by atoms with Crippen molar-refractivity contribution in [2.45, 2.75) is 20.4 Å². The van der Waals surface area contributed by atoms with Crippen molar-refractivity contribution in [2.24, 2.45) is 0 Å². The summed E-state index contributed by atoms with van der Waals surface area (Å²) in [6, 6.07) is 11.7. The Morgan fingerprint density at radius 3 is 2.55 bits per heavy atom. The Kier molecular flexibility index (Phi) is 5.24. The van der Waals surface area contributed by atoms with E-state index in [2.05, 4.69) is 48.0 Å². The van der Waals surface area contributed by atoms with Crippen molar-refractivity contribution in [2.75, 3.05) is 14.2 Å². The topological polar surface area (TPSA) is 29.5 Å². The average Bonchev–Trinajstić information content (AvgIpc) is 2.49. The van der Waals surface area contributed by atoms with Gasteiger partial charge in [0.2, 0.25) is 0 Å². The van der Waals surface area contributed by atoms with E-state index in [1.807, 2.05) is 19.2 Å². The molecular formula is C18H20BrNO2. The van der Waals surface area contributed by atoms with E-state index in [4.69, 9.17) is 4.74 Å². The molecule has 2 aromatic carbocycles. The van der Waals surface area contributed by atoms with Crippen molar-refractivity contribution in [1.82, 2.24) is 4.90 Å². The van der Waals surface area contributed by atoms with Crippen LogP contribution in [0.25, 0.3) is 0 Å². The van der Waals surface area contributed by atoms with Gasteiger partial charge in [-0.3, -0.25) is 4.79 Å². The van der Waals surface area contributed by atoms with Crippen LogP contribution in [0, 0.1) is 13.8 Å². The molecule has 3 nitrogen and oxygen atoms in total. The summed E-state index contributed by atoms with van der Waals surface area (Å²) in [6.45, 7) is 4.72. The number of ether oxygens (including phenoxy) is 1. The van der Waals surface area contributed by atoms with Gasteiger partial charge in [0.1, 0.15) is 5.75 Å². The van der Waals surface area contributed by atoms with Gasteiger partial charge in [-0.15, -0.1) is 0 Å². The summed E-state index contributed by atoms with van der Waals surface area (Å²) in [4.78, 5) is 14.4. The highest BCUT2D eigenvalue weighted by Crippen LogP contribution is 2.24. The lowest BCUT2D eigenvalue weighted by Crippen LogP contribution is -2.26. The van der Waals surface area contributed by atoms with Crippen molar-refractivity contribution >= 4 is 21.8 Å². The molecule has 0 saturated heterocycles. The summed E-state index contributed by atoms with van der Waals surface area (Å²) < 4.78 is 5.97. The maximum atomic E-state index is 12.7. The monoisotopic (exact) mass is 361 g/mol. The summed E-state index contributed by atoms with van der Waals surface area (Å²) in [6.07, 6.45) is 0. The van der Waals surface area contributed by atoms with E-state index >= 15 is 0 Å². The minimum absolute atomic E-state index is 0.0363. The van der Waals surface area contributed by atoms with E-state index in [1.165, 1.54) is 11.1 Å². The maximum Gasteiger partial charge on any atom is 0.255 e. The second-order valence-corrected chi connectivity index (χ2v) is 6.29. The Balaban J connectivity index is 2.22. The van der Waals surface area contributed by atoms with E-state index in [0.29, 0.717) is 17.9 Å². The molecule has 2 aromatic rings. The Hall–Kier alpha value is -1.81. The molecule has 2 rings (SSSR count). The van der Waals surface area contributed by atoms with Crippen LogP contribution in [0.4, 0.5) is 0 Å². The predicted molar refractivity (Wildman–Crippen MR) is 92.4 cm³/mol. The molecular weight excluding hydrogens is 342 g/mol. The highest BCUT2D eigenvalue weighted by atomic mass is 79.9. The number of amides is 1. The van der Waals surface area contributed by atoms with Gasteiger partial charge in [-0.1, -0.05) is 23.8 Å². The number of nitrogens with zero attached hydrogens (tertiary/aromatic N) is 1. The molecule has 0 atom stereocenters. The fourth-order valence-corrected chi connectivity index (χ4v) is 2.77. The highest BCUT2D eigenvalue weighted by molar-refractivity contribution is 9.10. The Morgan fingerprint density at radius 2 is 1.91 bits per heavy atom. The van der Waals surface area contributed by atoms with Gasteiger partial charge in [-0.2, -0.15) is 0 Å². The Morgan fingerprint density at radius 1 is 1.18 bits per heavy atom. The maximum absolute atomic E-state index is 12.7. The quantitative estimate of drug-likeness (QED) is 0.810. The second kappa shape index (κ2) is 6.97. The van der Waals surface area contributed by atoms with Crippen molar-refractivity contribution in [3.8, 4) is 5.75 Å². The van der Waals surface area contributed by atoms with Crippen LogP contribution in [0.2, 0.25) is 0 Å². The van der Waals surface area contributed by atoms with Crippen molar-refractivity contribution < 1.29 is 9.53 Å². The summed E-state index contributed by atoms with van der Waals surface area (Å²) in [7, 11) is 3.41. The zero-order chi connectivity index (χ0) is 16.3. The zero-order valence-corrected chi connectivity index (χ0v) is 14.9. The lowest BCUT2D eigenvalue weighted by Gasteiger charge is -2.20. The number of halogens is 1. The van der Waals surface area contributed by atoms with Gasteiger partial charge in [0, 0.05) is 18.1 Å². The molecule has 0 heterocycles. The molecule has 0 radical (unpaired) electrons. The van der Waals surface area contributed by atoms with Crippen LogP contribution in [0.5, 0.6) is 5.75 Å². The Labute approximate surface area is 140 Å². The van der Waals surface area contributed by atoms with E-state index in [0.717, 1.165) is 10.0 Å². The van der Waals surface area contributed by atoms with Gasteiger partial charge in [0.25, 0.3) is 5.91 Å². The van der Waals surface area contributed by atoms with Gasteiger partial charge in [0.05, 0.1) is 12.7 Å². The van der Waals surface area contributed by atoms with Gasteiger partial charge < -0.3 is 9.64 Å². The van der Waals surface area contributed by atoms with E-state index in [-0.39, 0.29) is 5.91 Å². The zero-order valence-electron chi connectivity index (χ0n) is 13.3. The van der Waals surface area contributed by atoms with Crippen LogP contribution in [-0.4, -0.2) is 25.0 Å². The summed E-state index contributed by atoms with van der Waals surface area (Å²) >= 11 is 3.43. The molecule has 0 aromatic heterocycles. The number of carbonyl (C=O) groups excluding carboxylic acids is 1. The minimum atomic E-state index is -0.0363. The van der Waals surface area contributed by atoms with Crippen molar-refractivity contribution in [1.29, 1.82) is 0 Å². The molecule has 22 heavy (non-hydrogen) atoms. The van der Waals surface area contributed by atoms with Crippen LogP contribution in [0.3, 0.4) is 0 Å². The average molecular weight is 362 g/mol. The molecule has 1 amide bonds. The van der Waals surface area contributed by atoms with E-state index in [1.54, 1.807) is 18.1 Å². The van der Waals surface area contributed by atoms with Gasteiger partial charge >= 0.3 is 0 Å². The predicted octanol–water partition coefficient (Wildman–Crippen LogP) is 4.35. The van der Waals surface area contributed by atoms with E-state index < -0.39 is 0 Å². The molecule has 0 aliphatic rings. The molecule has 0 spiro atoms. The summed E-state index contributed by atoms with van der Waals surface area (Å²) in [5.74, 6) is 0.636. The SMILES string of the molecule is COc1ccc(Br)c(C(=O)N(C)Cc2ccc(C)cc2C)c1. The van der Waals surface area contributed by atoms with Crippen LogP contribution in [0.15, 0.2) is 40.9 Å². The smallest absolute Gasteiger partial charge is 0.255 e. The number of methoxy groups -OCH3 is 1. The summed E-state index contributed by atoms with van der Waals surface area (Å²) in [5.41, 5.74) is 4.18. The Bertz CT molecular complexity index is 697. The lowest BCUT2D eigenvalue weighted by molar-refractivity contribution is 0.0783. The third-order valence-corrected chi connectivity index (χ3v) is 4.35. The first-order valence-electron chi connectivity index (χ1n) is 7.07. The number of carbonyl (C=O) groups is 1. The third-order valence-electron chi connectivity index (χ3n) is 3.66. The van der Waals surface area contributed by atoms with Crippen LogP contribution in [0.1, 0.15) is 27.0 Å². The number of hydrogen-bond acceptors (Lipinski definition) is 2. The molecule has 0 unspecified atom stereocenters. The summed E-state index contributed by atoms with van der Waals surface area (Å²) in [5, 5.41) is 0. The number of rotatable bonds is 4. The largest absolute Gasteiger partial charge is 0.497 e. The first kappa shape index (κ1) is 16.6. The normalized spacial score (nSPS) is 10.4. The second-order valence-electron chi connectivity index (χ2n) is 5.44. The fourth-order valence-electron chi connectivity index (χ4n) is 2.35. The number of hydrogen-bond donors (Lipinski definition) is 0. The van der Waals surface area contributed by atoms with Crippen LogP contribution < -0.4 is 4.74 Å². The van der Waals surface area contributed by atoms with E-state index in [9.17, 15) is 4.79 Å². The first-order chi connectivity index (χ1) is 10.4. The van der Waals surface area contributed by atoms with Gasteiger partial charge in [0.15, 0.2) is 0 Å². The molecule has 0 saturated carbocycles. The molecule has 4 heteroatoms. The molecule has 116 valence electrons. The molecule has 0 fully saturated rings. The molecule has 0 aliphatic heterocycles. The first-order valence-corrected chi connectivity index (χ1v) is 7.87. The molecule has 0 N–H and O–H groups in total. The molecule has 0 bridgehead atoms. The van der Waals surface area contributed by atoms with Crippen LogP contribution in [-0.2, 0) is 6.54 Å². The van der Waals surface area contributed by atoms with Crippen molar-refractivity contribution in [3.05, 3.63) is 63.1 Å². The number of benzene rings is 2. The number of aryl methyl sites for hydroxylation is 2. The lowest BCUT2D eigenvalue weighted by atomic mass is 10.1. The third kappa shape index (κ3) is 3.69. The highest BCUT2D eigenvalue weighted by Gasteiger charge is 2.16. The van der Waals surface area contributed by atoms with Crippen LogP contribution >= 0.6 is 15.9 Å². The fraction of sp³-hybridized carbons (Fsp3) is 0.278. The standard InChI is InChI=1S/C18H20BrNO2/c1-12-5-6-14(13(2)9-12)11-20(3)18(21)16-10-15(22-4)7-8-17(16)19/h5-10H,11H2,1-4H3. The minimum Gasteiger partial charge on any atom is -0.497 e. The van der Waals surface area contributed by atoms with Gasteiger partial charge in [-0.05, 0) is 59.1 Å². The molecule has 0 aliphatic carbocycles. The van der Waals surface area contributed by atoms with Gasteiger partial charge in [-0.25, -0.2) is 0 Å². The van der Waals surface area contributed by atoms with Crippen molar-refractivity contribution in [3.63, 3.8) is 0 Å².